The van der Waals surface area contributed by atoms with E-state index in [0.717, 1.165) is 16.3 Å². The highest BCUT2D eigenvalue weighted by Crippen LogP contribution is 2.34. The van der Waals surface area contributed by atoms with Crippen LogP contribution in [0.5, 0.6) is 0 Å². The molecule has 0 aromatic rings. The maximum absolute atomic E-state index is 4.68. The summed E-state index contributed by atoms with van der Waals surface area (Å²) in [4.78, 5) is 2.70. The van der Waals surface area contributed by atoms with Crippen molar-refractivity contribution in [2.75, 3.05) is 25.4 Å². The zero-order chi connectivity index (χ0) is 13.6. The molecule has 0 saturated carbocycles. The molecule has 0 radical (unpaired) electrons. The average Bonchev–Trinajstić information content (AvgIpc) is 2.28. The van der Waals surface area contributed by atoms with Crippen LogP contribution in [0.1, 0.15) is 53.4 Å². The minimum atomic E-state index is 0.452. The zero-order valence-corrected chi connectivity index (χ0v) is 14.3. The number of hydrogen-bond acceptors (Lipinski definition) is 3. The highest BCUT2D eigenvalue weighted by molar-refractivity contribution is 8.00. The third-order valence-electron chi connectivity index (χ3n) is 3.95. The molecule has 0 spiro atoms. The van der Waals surface area contributed by atoms with E-state index in [0.29, 0.717) is 5.41 Å². The SMILES string of the molecule is CCCC(CS)(CCC)CN1CC(C)SC(C)C1. The molecular weight excluding hydrogens is 258 g/mol. The molecule has 1 fully saturated rings. The van der Waals surface area contributed by atoms with Crippen molar-refractivity contribution < 1.29 is 0 Å². The summed E-state index contributed by atoms with van der Waals surface area (Å²) in [6, 6.07) is 0. The molecule has 2 unspecified atom stereocenters. The van der Waals surface area contributed by atoms with E-state index in [-0.39, 0.29) is 0 Å². The quantitative estimate of drug-likeness (QED) is 0.695. The first kappa shape index (κ1) is 16.7. The number of thiol groups is 1. The molecule has 2 atom stereocenters. The van der Waals surface area contributed by atoms with Gasteiger partial charge in [-0.25, -0.2) is 0 Å². The van der Waals surface area contributed by atoms with Gasteiger partial charge in [-0.15, -0.1) is 0 Å². The van der Waals surface area contributed by atoms with Crippen LogP contribution in [-0.2, 0) is 0 Å². The molecule has 0 aromatic heterocycles. The summed E-state index contributed by atoms with van der Waals surface area (Å²) in [6.07, 6.45) is 5.23. The predicted molar refractivity (Wildman–Crippen MR) is 89.1 cm³/mol. The lowest BCUT2D eigenvalue weighted by Gasteiger charge is -2.42. The lowest BCUT2D eigenvalue weighted by atomic mass is 9.80. The molecular formula is C15H31NS2. The summed E-state index contributed by atoms with van der Waals surface area (Å²) in [5.74, 6) is 1.04. The van der Waals surface area contributed by atoms with E-state index in [1.165, 1.54) is 45.3 Å². The number of nitrogens with zero attached hydrogens (tertiary/aromatic N) is 1. The molecule has 108 valence electrons. The van der Waals surface area contributed by atoms with Gasteiger partial charge in [-0.05, 0) is 24.0 Å². The molecule has 1 heterocycles. The van der Waals surface area contributed by atoms with Gasteiger partial charge in [0.25, 0.3) is 0 Å². The lowest BCUT2D eigenvalue weighted by molar-refractivity contribution is 0.145. The standard InChI is InChI=1S/C15H31NS2/c1-5-7-15(12-17,8-6-2)11-16-9-13(3)18-14(4)10-16/h13-14,17H,5-12H2,1-4H3. The van der Waals surface area contributed by atoms with Crippen LogP contribution < -0.4 is 0 Å². The minimum absolute atomic E-state index is 0.452. The molecule has 0 aromatic carbocycles. The summed E-state index contributed by atoms with van der Waals surface area (Å²) >= 11 is 6.83. The zero-order valence-electron chi connectivity index (χ0n) is 12.6. The topological polar surface area (TPSA) is 3.24 Å². The molecule has 1 rings (SSSR count). The van der Waals surface area contributed by atoms with Gasteiger partial charge in [0, 0.05) is 30.1 Å². The number of thioether (sulfide) groups is 1. The Morgan fingerprint density at radius 1 is 1.11 bits per heavy atom. The van der Waals surface area contributed by atoms with Crippen LogP contribution >= 0.6 is 24.4 Å². The normalized spacial score (nSPS) is 26.5. The Kier molecular flexibility index (Phi) is 7.48. The van der Waals surface area contributed by atoms with E-state index in [1.807, 2.05) is 0 Å². The first-order chi connectivity index (χ1) is 8.55. The van der Waals surface area contributed by atoms with Gasteiger partial charge in [0.15, 0.2) is 0 Å². The van der Waals surface area contributed by atoms with E-state index >= 15 is 0 Å². The Balaban J connectivity index is 2.63. The van der Waals surface area contributed by atoms with Crippen LogP contribution in [0.2, 0.25) is 0 Å². The van der Waals surface area contributed by atoms with Crippen LogP contribution in [0, 0.1) is 5.41 Å². The number of hydrogen-bond donors (Lipinski definition) is 1. The first-order valence-electron chi connectivity index (χ1n) is 7.54. The first-order valence-corrected chi connectivity index (χ1v) is 9.11. The fourth-order valence-corrected chi connectivity index (χ4v) is 5.24. The van der Waals surface area contributed by atoms with Gasteiger partial charge in [-0.2, -0.15) is 24.4 Å². The molecule has 1 saturated heterocycles. The maximum atomic E-state index is 4.68. The summed E-state index contributed by atoms with van der Waals surface area (Å²) in [6.45, 7) is 13.1. The summed E-state index contributed by atoms with van der Waals surface area (Å²) < 4.78 is 0. The molecule has 1 nitrogen and oxygen atoms in total. The van der Waals surface area contributed by atoms with Gasteiger partial charge in [-0.3, -0.25) is 0 Å². The number of rotatable bonds is 7. The van der Waals surface area contributed by atoms with Crippen molar-refractivity contribution in [2.45, 2.75) is 63.9 Å². The van der Waals surface area contributed by atoms with E-state index in [9.17, 15) is 0 Å². The Labute approximate surface area is 124 Å². The van der Waals surface area contributed by atoms with E-state index in [2.05, 4.69) is 57.0 Å². The lowest BCUT2D eigenvalue weighted by Crippen LogP contribution is -2.47. The second-order valence-electron chi connectivity index (χ2n) is 6.11. The van der Waals surface area contributed by atoms with Gasteiger partial charge < -0.3 is 4.90 Å². The third kappa shape index (κ3) is 4.97. The molecule has 1 aliphatic rings. The Morgan fingerprint density at radius 2 is 1.61 bits per heavy atom. The largest absolute Gasteiger partial charge is 0.301 e. The fourth-order valence-electron chi connectivity index (χ4n) is 3.44. The highest BCUT2D eigenvalue weighted by atomic mass is 32.2. The molecule has 3 heteroatoms. The molecule has 0 amide bonds. The maximum Gasteiger partial charge on any atom is 0.0149 e. The second-order valence-corrected chi connectivity index (χ2v) is 8.31. The molecule has 0 N–H and O–H groups in total. The van der Waals surface area contributed by atoms with E-state index < -0.39 is 0 Å². The van der Waals surface area contributed by atoms with Gasteiger partial charge in [-0.1, -0.05) is 40.5 Å². The van der Waals surface area contributed by atoms with Crippen molar-refractivity contribution in [3.8, 4) is 0 Å². The Bertz CT molecular complexity index is 217. The van der Waals surface area contributed by atoms with Crippen molar-refractivity contribution in [2.24, 2.45) is 5.41 Å². The fraction of sp³-hybridized carbons (Fsp3) is 1.00. The molecule has 0 bridgehead atoms. The van der Waals surface area contributed by atoms with Crippen molar-refractivity contribution in [1.82, 2.24) is 4.90 Å². The summed E-state index contributed by atoms with van der Waals surface area (Å²) in [7, 11) is 0. The third-order valence-corrected chi connectivity index (χ3v) is 5.85. The Hall–Kier alpha value is 0.660. The average molecular weight is 290 g/mol. The van der Waals surface area contributed by atoms with Crippen molar-refractivity contribution in [1.29, 1.82) is 0 Å². The second kappa shape index (κ2) is 8.06. The van der Waals surface area contributed by atoms with Crippen LogP contribution in [0.4, 0.5) is 0 Å². The van der Waals surface area contributed by atoms with Crippen LogP contribution in [0.15, 0.2) is 0 Å². The van der Waals surface area contributed by atoms with Gasteiger partial charge >= 0.3 is 0 Å². The summed E-state index contributed by atoms with van der Waals surface area (Å²) in [5.41, 5.74) is 0.452. The minimum Gasteiger partial charge on any atom is -0.301 e. The van der Waals surface area contributed by atoms with Crippen LogP contribution in [0.25, 0.3) is 0 Å². The highest BCUT2D eigenvalue weighted by Gasteiger charge is 2.32. The van der Waals surface area contributed by atoms with E-state index in [4.69, 9.17) is 0 Å². The van der Waals surface area contributed by atoms with E-state index in [1.54, 1.807) is 0 Å². The smallest absolute Gasteiger partial charge is 0.0149 e. The predicted octanol–water partition coefficient (Wildman–Crippen LogP) is 4.33. The van der Waals surface area contributed by atoms with Gasteiger partial charge in [0.05, 0.1) is 0 Å². The van der Waals surface area contributed by atoms with Crippen molar-refractivity contribution >= 4 is 24.4 Å². The molecule has 18 heavy (non-hydrogen) atoms. The monoisotopic (exact) mass is 289 g/mol. The molecule has 0 aliphatic carbocycles. The van der Waals surface area contributed by atoms with Crippen molar-refractivity contribution in [3.63, 3.8) is 0 Å². The van der Waals surface area contributed by atoms with Gasteiger partial charge in [0.2, 0.25) is 0 Å². The van der Waals surface area contributed by atoms with Gasteiger partial charge in [0.1, 0.15) is 0 Å². The molecule has 1 aliphatic heterocycles. The van der Waals surface area contributed by atoms with Crippen molar-refractivity contribution in [3.05, 3.63) is 0 Å². The van der Waals surface area contributed by atoms with Crippen LogP contribution in [-0.4, -0.2) is 40.8 Å². The van der Waals surface area contributed by atoms with Crippen LogP contribution in [0.3, 0.4) is 0 Å². The Morgan fingerprint density at radius 3 is 2.00 bits per heavy atom. The summed E-state index contributed by atoms with van der Waals surface area (Å²) in [5, 5.41) is 1.57.